The maximum atomic E-state index is 14.3. The molecular formula is C22H23FN4O4. The molecule has 0 saturated carbocycles. The molecule has 0 radical (unpaired) electrons. The van der Waals surface area contributed by atoms with Crippen molar-refractivity contribution in [2.45, 2.75) is 13.0 Å². The van der Waals surface area contributed by atoms with Crippen molar-refractivity contribution in [1.29, 1.82) is 0 Å². The van der Waals surface area contributed by atoms with Gasteiger partial charge in [0.15, 0.2) is 5.69 Å². The van der Waals surface area contributed by atoms with Gasteiger partial charge in [-0.15, -0.1) is 0 Å². The maximum absolute atomic E-state index is 14.3. The Morgan fingerprint density at radius 3 is 2.48 bits per heavy atom. The lowest BCUT2D eigenvalue weighted by Crippen LogP contribution is -2.42. The number of hydrogen-bond donors (Lipinski definition) is 2. The van der Waals surface area contributed by atoms with E-state index in [4.69, 9.17) is 10.5 Å². The zero-order chi connectivity index (χ0) is 22.4. The number of halogens is 1. The van der Waals surface area contributed by atoms with Crippen LogP contribution in [0.4, 0.5) is 15.9 Å². The van der Waals surface area contributed by atoms with E-state index in [0.29, 0.717) is 13.0 Å². The number of carbonyl (C=O) groups is 1. The Balaban J connectivity index is 2.10. The second-order valence-corrected chi connectivity index (χ2v) is 6.85. The van der Waals surface area contributed by atoms with Gasteiger partial charge in [-0.3, -0.25) is 19.1 Å². The van der Waals surface area contributed by atoms with Gasteiger partial charge in [0.05, 0.1) is 12.1 Å². The van der Waals surface area contributed by atoms with Gasteiger partial charge in [0.1, 0.15) is 11.6 Å². The Morgan fingerprint density at radius 2 is 1.81 bits per heavy atom. The summed E-state index contributed by atoms with van der Waals surface area (Å²) in [6.07, 6.45) is 0.368. The number of hydrogen-bond acceptors (Lipinski definition) is 5. The Labute approximate surface area is 177 Å². The SMILES string of the molecule is COCCCN(C(=O)c1ccccc1F)c1c(N)n(Cc2ccccc2)c(=O)[nH]c1=O. The Morgan fingerprint density at radius 1 is 1.13 bits per heavy atom. The normalized spacial score (nSPS) is 10.8. The average molecular weight is 426 g/mol. The highest BCUT2D eigenvalue weighted by molar-refractivity contribution is 6.07. The first-order chi connectivity index (χ1) is 14.9. The second kappa shape index (κ2) is 9.86. The number of benzene rings is 2. The number of amides is 1. The summed E-state index contributed by atoms with van der Waals surface area (Å²) in [6, 6.07) is 14.5. The molecule has 0 atom stereocenters. The standard InChI is InChI=1S/C22H23FN4O4/c1-31-13-7-12-26(21(29)16-10-5-6-11-17(16)23)18-19(24)27(22(30)25-20(18)28)14-15-8-3-2-4-9-15/h2-6,8-11H,7,12-14,24H2,1H3,(H,25,28,30). The van der Waals surface area contributed by atoms with Crippen LogP contribution >= 0.6 is 0 Å². The van der Waals surface area contributed by atoms with Crippen LogP contribution in [0, 0.1) is 5.82 Å². The first kappa shape index (κ1) is 22.0. The van der Waals surface area contributed by atoms with E-state index in [1.165, 1.54) is 29.9 Å². The van der Waals surface area contributed by atoms with Crippen molar-refractivity contribution in [1.82, 2.24) is 9.55 Å². The van der Waals surface area contributed by atoms with E-state index < -0.39 is 23.0 Å². The molecule has 9 heteroatoms. The number of nitrogens with one attached hydrogen (secondary N) is 1. The smallest absolute Gasteiger partial charge is 0.330 e. The molecule has 0 saturated heterocycles. The van der Waals surface area contributed by atoms with Crippen LogP contribution in [0.3, 0.4) is 0 Å². The number of nitrogens with two attached hydrogens (primary N) is 1. The highest BCUT2D eigenvalue weighted by Crippen LogP contribution is 2.21. The van der Waals surface area contributed by atoms with Gasteiger partial charge in [0, 0.05) is 20.3 Å². The van der Waals surface area contributed by atoms with E-state index in [2.05, 4.69) is 4.98 Å². The molecule has 0 aliphatic heterocycles. The zero-order valence-corrected chi connectivity index (χ0v) is 17.0. The van der Waals surface area contributed by atoms with Gasteiger partial charge >= 0.3 is 5.69 Å². The lowest BCUT2D eigenvalue weighted by molar-refractivity contribution is 0.0979. The molecule has 0 fully saturated rings. The fraction of sp³-hybridized carbons (Fsp3) is 0.227. The zero-order valence-electron chi connectivity index (χ0n) is 17.0. The molecule has 8 nitrogen and oxygen atoms in total. The number of nitrogen functional groups attached to an aromatic ring is 1. The predicted octanol–water partition coefficient (Wildman–Crippen LogP) is 1.99. The van der Waals surface area contributed by atoms with Crippen molar-refractivity contribution in [2.24, 2.45) is 0 Å². The summed E-state index contributed by atoms with van der Waals surface area (Å²) in [5.74, 6) is -1.65. The first-order valence-corrected chi connectivity index (χ1v) is 9.66. The quantitative estimate of drug-likeness (QED) is 0.535. The number of aromatic amines is 1. The number of methoxy groups -OCH3 is 1. The first-order valence-electron chi connectivity index (χ1n) is 9.66. The van der Waals surface area contributed by atoms with E-state index in [1.807, 2.05) is 18.2 Å². The van der Waals surface area contributed by atoms with Gasteiger partial charge in [-0.25, -0.2) is 9.18 Å². The van der Waals surface area contributed by atoms with Gasteiger partial charge in [0.2, 0.25) is 0 Å². The Bertz CT molecular complexity index is 1170. The van der Waals surface area contributed by atoms with Crippen LogP contribution in [-0.2, 0) is 11.3 Å². The molecule has 3 N–H and O–H groups in total. The van der Waals surface area contributed by atoms with Crippen molar-refractivity contribution >= 4 is 17.4 Å². The van der Waals surface area contributed by atoms with Crippen LogP contribution in [0.15, 0.2) is 64.2 Å². The highest BCUT2D eigenvalue weighted by Gasteiger charge is 2.26. The topological polar surface area (TPSA) is 110 Å². The molecule has 31 heavy (non-hydrogen) atoms. The third-order valence-corrected chi connectivity index (χ3v) is 4.75. The predicted molar refractivity (Wildman–Crippen MR) is 116 cm³/mol. The highest BCUT2D eigenvalue weighted by atomic mass is 19.1. The van der Waals surface area contributed by atoms with Gasteiger partial charge in [-0.1, -0.05) is 42.5 Å². The van der Waals surface area contributed by atoms with Crippen LogP contribution in [0.25, 0.3) is 0 Å². The van der Waals surface area contributed by atoms with Crippen LogP contribution in [0.5, 0.6) is 0 Å². The summed E-state index contributed by atoms with van der Waals surface area (Å²) in [5.41, 5.74) is 5.05. The molecule has 1 amide bonds. The molecule has 3 rings (SSSR count). The molecule has 3 aromatic rings. The van der Waals surface area contributed by atoms with Crippen LogP contribution in [-0.4, -0.2) is 35.7 Å². The minimum Gasteiger partial charge on any atom is -0.385 e. The Kier molecular flexibility index (Phi) is 6.99. The summed E-state index contributed by atoms with van der Waals surface area (Å²) in [7, 11) is 1.50. The number of H-pyrrole nitrogens is 1. The minimum absolute atomic E-state index is 0.0395. The van der Waals surface area contributed by atoms with Crippen molar-refractivity contribution in [3.05, 3.63) is 92.4 Å². The number of carbonyl (C=O) groups excluding carboxylic acids is 1. The lowest BCUT2D eigenvalue weighted by atomic mass is 10.1. The third-order valence-electron chi connectivity index (χ3n) is 4.75. The summed E-state index contributed by atoms with van der Waals surface area (Å²) in [5, 5.41) is 0. The number of nitrogens with zero attached hydrogens (tertiary/aromatic N) is 2. The summed E-state index contributed by atoms with van der Waals surface area (Å²) < 4.78 is 20.5. The molecular weight excluding hydrogens is 403 g/mol. The fourth-order valence-corrected chi connectivity index (χ4v) is 3.22. The molecule has 0 aliphatic rings. The van der Waals surface area contributed by atoms with Gasteiger partial charge in [-0.2, -0.15) is 0 Å². The summed E-state index contributed by atoms with van der Waals surface area (Å²) in [6.45, 7) is 0.440. The van der Waals surface area contributed by atoms with E-state index >= 15 is 0 Å². The maximum Gasteiger partial charge on any atom is 0.330 e. The average Bonchev–Trinajstić information content (AvgIpc) is 2.76. The largest absolute Gasteiger partial charge is 0.385 e. The van der Waals surface area contributed by atoms with Crippen LogP contribution < -0.4 is 21.9 Å². The molecule has 0 aliphatic carbocycles. The Hall–Kier alpha value is -3.72. The number of anilines is 2. The third kappa shape index (κ3) is 4.89. The van der Waals surface area contributed by atoms with E-state index in [1.54, 1.807) is 12.1 Å². The molecule has 1 heterocycles. The molecule has 0 bridgehead atoms. The van der Waals surface area contributed by atoms with Crippen molar-refractivity contribution in [3.63, 3.8) is 0 Å². The number of rotatable bonds is 8. The van der Waals surface area contributed by atoms with Gasteiger partial charge in [0.25, 0.3) is 11.5 Å². The van der Waals surface area contributed by atoms with Crippen molar-refractivity contribution in [3.8, 4) is 0 Å². The second-order valence-electron chi connectivity index (χ2n) is 6.85. The van der Waals surface area contributed by atoms with Crippen LogP contribution in [0.2, 0.25) is 0 Å². The molecule has 0 spiro atoms. The van der Waals surface area contributed by atoms with Crippen molar-refractivity contribution in [2.75, 3.05) is 30.9 Å². The molecule has 2 aromatic carbocycles. The lowest BCUT2D eigenvalue weighted by Gasteiger charge is -2.24. The monoisotopic (exact) mass is 426 g/mol. The van der Waals surface area contributed by atoms with Crippen LogP contribution in [0.1, 0.15) is 22.3 Å². The summed E-state index contributed by atoms with van der Waals surface area (Å²) in [4.78, 5) is 41.6. The van der Waals surface area contributed by atoms with E-state index in [-0.39, 0.29) is 30.2 Å². The number of aromatic nitrogens is 2. The molecule has 0 unspecified atom stereocenters. The number of ether oxygens (including phenoxy) is 1. The van der Waals surface area contributed by atoms with Gasteiger partial charge in [-0.05, 0) is 24.1 Å². The van der Waals surface area contributed by atoms with Crippen molar-refractivity contribution < 1.29 is 13.9 Å². The van der Waals surface area contributed by atoms with E-state index in [0.717, 1.165) is 16.5 Å². The minimum atomic E-state index is -0.825. The fourth-order valence-electron chi connectivity index (χ4n) is 3.22. The van der Waals surface area contributed by atoms with Gasteiger partial charge < -0.3 is 15.4 Å². The molecule has 1 aromatic heterocycles. The summed E-state index contributed by atoms with van der Waals surface area (Å²) >= 11 is 0. The van der Waals surface area contributed by atoms with E-state index in [9.17, 15) is 18.8 Å². The molecule has 162 valence electrons.